The van der Waals surface area contributed by atoms with Crippen molar-refractivity contribution in [3.05, 3.63) is 66.4 Å². The van der Waals surface area contributed by atoms with Crippen LogP contribution >= 0.6 is 0 Å². The first-order valence-electron chi connectivity index (χ1n) is 7.97. The number of aromatic nitrogens is 3. The van der Waals surface area contributed by atoms with E-state index in [0.29, 0.717) is 23.3 Å². The molecule has 0 bridgehead atoms. The molecule has 0 saturated carbocycles. The number of ether oxygens (including phenoxy) is 1. The summed E-state index contributed by atoms with van der Waals surface area (Å²) < 4.78 is 43.6. The first kappa shape index (κ1) is 19.1. The number of nitrogens with one attached hydrogen (secondary N) is 2. The van der Waals surface area contributed by atoms with Crippen LogP contribution in [-0.2, 0) is 6.18 Å². The Balaban J connectivity index is 1.60. The van der Waals surface area contributed by atoms with Gasteiger partial charge in [-0.05, 0) is 37.3 Å². The fourth-order valence-electron chi connectivity index (χ4n) is 2.18. The van der Waals surface area contributed by atoms with Crippen LogP contribution in [0.2, 0.25) is 0 Å². The van der Waals surface area contributed by atoms with Gasteiger partial charge >= 0.3 is 12.2 Å². The number of aryl methyl sites for hydroxylation is 1. The molecule has 0 aliphatic heterocycles. The lowest BCUT2D eigenvalue weighted by Gasteiger charge is -2.10. The molecule has 0 unspecified atom stereocenters. The fraction of sp³-hybridized carbons (Fsp3) is 0.111. The lowest BCUT2D eigenvalue weighted by atomic mass is 10.3. The van der Waals surface area contributed by atoms with Gasteiger partial charge in [-0.15, -0.1) is 0 Å². The number of carbonyl (C=O) groups is 1. The van der Waals surface area contributed by atoms with Gasteiger partial charge in [-0.1, -0.05) is 0 Å². The van der Waals surface area contributed by atoms with Gasteiger partial charge < -0.3 is 10.1 Å². The van der Waals surface area contributed by atoms with Crippen molar-refractivity contribution in [1.82, 2.24) is 15.0 Å². The number of nitrogens with zero attached hydrogens (tertiary/aromatic N) is 3. The summed E-state index contributed by atoms with van der Waals surface area (Å²) in [5.74, 6) is 0.894. The maximum atomic E-state index is 12.6. The maximum Gasteiger partial charge on any atom is 0.433 e. The number of urea groups is 1. The number of amides is 2. The average molecular weight is 389 g/mol. The smallest absolute Gasteiger partial charge is 0.433 e. The predicted molar refractivity (Wildman–Crippen MR) is 95.2 cm³/mol. The van der Waals surface area contributed by atoms with E-state index in [-0.39, 0.29) is 5.82 Å². The van der Waals surface area contributed by atoms with Crippen LogP contribution in [0, 0.1) is 6.92 Å². The molecular weight excluding hydrogens is 375 g/mol. The fourth-order valence-corrected chi connectivity index (χ4v) is 2.18. The number of hydrogen-bond acceptors (Lipinski definition) is 5. The van der Waals surface area contributed by atoms with Crippen molar-refractivity contribution in [2.45, 2.75) is 13.1 Å². The molecule has 0 aliphatic carbocycles. The zero-order valence-electron chi connectivity index (χ0n) is 14.5. The summed E-state index contributed by atoms with van der Waals surface area (Å²) in [6.45, 7) is 1.84. The van der Waals surface area contributed by atoms with Crippen LogP contribution in [0.1, 0.15) is 11.4 Å². The quantitative estimate of drug-likeness (QED) is 0.679. The molecule has 3 aromatic rings. The molecule has 28 heavy (non-hydrogen) atoms. The second kappa shape index (κ2) is 7.91. The Morgan fingerprint density at radius 2 is 1.71 bits per heavy atom. The van der Waals surface area contributed by atoms with E-state index in [9.17, 15) is 18.0 Å². The Kier molecular flexibility index (Phi) is 5.39. The van der Waals surface area contributed by atoms with Crippen LogP contribution in [0.3, 0.4) is 0 Å². The Hall–Kier alpha value is -3.69. The first-order valence-corrected chi connectivity index (χ1v) is 7.97. The number of benzene rings is 1. The third-order valence-corrected chi connectivity index (χ3v) is 3.42. The van der Waals surface area contributed by atoms with Crippen molar-refractivity contribution in [2.24, 2.45) is 0 Å². The molecule has 2 amide bonds. The monoisotopic (exact) mass is 389 g/mol. The molecule has 2 heterocycles. The van der Waals surface area contributed by atoms with Gasteiger partial charge in [-0.2, -0.15) is 13.2 Å². The van der Waals surface area contributed by atoms with Crippen molar-refractivity contribution < 1.29 is 22.7 Å². The minimum atomic E-state index is -4.63. The Bertz CT molecular complexity index is 977. The third-order valence-electron chi connectivity index (χ3n) is 3.42. The molecule has 0 saturated heterocycles. The van der Waals surface area contributed by atoms with E-state index in [1.807, 2.05) is 6.92 Å². The van der Waals surface area contributed by atoms with Gasteiger partial charge in [0.2, 0.25) is 0 Å². The van der Waals surface area contributed by atoms with E-state index in [0.717, 1.165) is 12.0 Å². The van der Waals surface area contributed by atoms with Crippen molar-refractivity contribution in [1.29, 1.82) is 0 Å². The highest BCUT2D eigenvalue weighted by molar-refractivity contribution is 5.99. The molecule has 1 aromatic carbocycles. The SMILES string of the molecule is Cc1cc(Oc2ccc(NC(=O)Nc3cc(C(F)(F)F)ncn3)cc2)ccn1. The van der Waals surface area contributed by atoms with Crippen LogP contribution in [0.25, 0.3) is 0 Å². The van der Waals surface area contributed by atoms with Gasteiger partial charge in [0, 0.05) is 29.7 Å². The van der Waals surface area contributed by atoms with E-state index in [2.05, 4.69) is 25.6 Å². The van der Waals surface area contributed by atoms with E-state index in [1.54, 1.807) is 42.6 Å². The number of anilines is 2. The summed E-state index contributed by atoms with van der Waals surface area (Å²) >= 11 is 0. The Morgan fingerprint density at radius 1 is 0.964 bits per heavy atom. The maximum absolute atomic E-state index is 12.6. The number of alkyl halides is 3. The van der Waals surface area contributed by atoms with Crippen molar-refractivity contribution in [3.63, 3.8) is 0 Å². The van der Waals surface area contributed by atoms with Gasteiger partial charge in [-0.3, -0.25) is 10.3 Å². The highest BCUT2D eigenvalue weighted by Gasteiger charge is 2.32. The summed E-state index contributed by atoms with van der Waals surface area (Å²) in [5, 5.41) is 4.72. The molecule has 10 heteroatoms. The number of pyridine rings is 1. The van der Waals surface area contributed by atoms with Gasteiger partial charge in [0.25, 0.3) is 0 Å². The normalized spacial score (nSPS) is 11.0. The van der Waals surface area contributed by atoms with Crippen molar-refractivity contribution in [2.75, 3.05) is 10.6 Å². The summed E-state index contributed by atoms with van der Waals surface area (Å²) in [6, 6.07) is 9.84. The highest BCUT2D eigenvalue weighted by atomic mass is 19.4. The van der Waals surface area contributed by atoms with E-state index in [1.165, 1.54) is 0 Å². The number of carbonyl (C=O) groups excluding carboxylic acids is 1. The van der Waals surface area contributed by atoms with Crippen molar-refractivity contribution in [3.8, 4) is 11.5 Å². The van der Waals surface area contributed by atoms with Crippen molar-refractivity contribution >= 4 is 17.5 Å². The molecule has 0 spiro atoms. The molecule has 2 aromatic heterocycles. The van der Waals surface area contributed by atoms with Gasteiger partial charge in [0.1, 0.15) is 29.3 Å². The Morgan fingerprint density at radius 3 is 2.39 bits per heavy atom. The molecule has 7 nitrogen and oxygen atoms in total. The standard InChI is InChI=1S/C18H14F3N5O2/c1-11-8-14(6-7-22-11)28-13-4-2-12(3-5-13)25-17(27)26-16-9-15(18(19,20)21)23-10-24-16/h2-10H,1H3,(H2,23,24,25,26,27). The van der Waals surface area contributed by atoms with Crippen LogP contribution in [0.4, 0.5) is 29.5 Å². The number of halogens is 3. The average Bonchev–Trinajstić information content (AvgIpc) is 2.63. The number of hydrogen-bond donors (Lipinski definition) is 2. The topological polar surface area (TPSA) is 89.0 Å². The minimum absolute atomic E-state index is 0.271. The third kappa shape index (κ3) is 5.16. The van der Waals surface area contributed by atoms with E-state index in [4.69, 9.17) is 4.74 Å². The summed E-state index contributed by atoms with van der Waals surface area (Å²) in [6.07, 6.45) is -2.27. The number of rotatable bonds is 4. The molecule has 0 aliphatic rings. The summed E-state index contributed by atoms with van der Waals surface area (Å²) in [7, 11) is 0. The van der Waals surface area contributed by atoms with Gasteiger partial charge in [-0.25, -0.2) is 14.8 Å². The van der Waals surface area contributed by atoms with Gasteiger partial charge in [0.05, 0.1) is 0 Å². The minimum Gasteiger partial charge on any atom is -0.457 e. The zero-order chi connectivity index (χ0) is 20.1. The lowest BCUT2D eigenvalue weighted by Crippen LogP contribution is -2.21. The van der Waals surface area contributed by atoms with Crippen LogP contribution in [-0.4, -0.2) is 21.0 Å². The molecule has 0 radical (unpaired) electrons. The second-order valence-corrected chi connectivity index (χ2v) is 5.62. The molecule has 0 fully saturated rings. The van der Waals surface area contributed by atoms with E-state index < -0.39 is 17.9 Å². The first-order chi connectivity index (χ1) is 13.3. The van der Waals surface area contributed by atoms with Crippen LogP contribution < -0.4 is 15.4 Å². The summed E-state index contributed by atoms with van der Waals surface area (Å²) in [4.78, 5) is 22.7. The summed E-state index contributed by atoms with van der Waals surface area (Å²) in [5.41, 5.74) is 0.0809. The zero-order valence-corrected chi connectivity index (χ0v) is 14.5. The predicted octanol–water partition coefficient (Wildman–Crippen LogP) is 4.64. The molecule has 2 N–H and O–H groups in total. The van der Waals surface area contributed by atoms with Gasteiger partial charge in [0.15, 0.2) is 0 Å². The highest BCUT2D eigenvalue weighted by Crippen LogP contribution is 2.28. The molecule has 3 rings (SSSR count). The molecule has 0 atom stereocenters. The lowest BCUT2D eigenvalue weighted by molar-refractivity contribution is -0.141. The molecule has 144 valence electrons. The van der Waals surface area contributed by atoms with Crippen LogP contribution in [0.15, 0.2) is 55.0 Å². The largest absolute Gasteiger partial charge is 0.457 e. The second-order valence-electron chi connectivity index (χ2n) is 5.62. The van der Waals surface area contributed by atoms with Crippen LogP contribution in [0.5, 0.6) is 11.5 Å². The van der Waals surface area contributed by atoms with E-state index >= 15 is 0 Å². The Labute approximate surface area is 157 Å². The molecular formula is C18H14F3N5O2.